The highest BCUT2D eigenvalue weighted by Gasteiger charge is 2.43. The molecule has 0 aliphatic heterocycles. The minimum Gasteiger partial charge on any atom is -0.0808 e. The van der Waals surface area contributed by atoms with Gasteiger partial charge >= 0.3 is 0 Å². The third-order valence-corrected chi connectivity index (χ3v) is 12.9. The Balaban J connectivity index is 0.948. The number of rotatable bonds is 5. The quantitative estimate of drug-likeness (QED) is 0.170. The van der Waals surface area contributed by atoms with Crippen LogP contribution in [-0.4, -0.2) is 0 Å². The van der Waals surface area contributed by atoms with E-state index in [4.69, 9.17) is 0 Å². The highest BCUT2D eigenvalue weighted by Crippen LogP contribution is 2.55. The first-order chi connectivity index (χ1) is 26.3. The molecule has 4 aliphatic carbocycles. The van der Waals surface area contributed by atoms with Crippen LogP contribution in [0.1, 0.15) is 74.6 Å². The van der Waals surface area contributed by atoms with Crippen molar-refractivity contribution in [3.05, 3.63) is 239 Å². The van der Waals surface area contributed by atoms with E-state index in [2.05, 4.69) is 194 Å². The molecular formula is C53H40. The second-order valence-electron chi connectivity index (χ2n) is 15.5. The molecule has 0 aromatic heterocycles. The summed E-state index contributed by atoms with van der Waals surface area (Å²) in [6.45, 7) is 0. The van der Waals surface area contributed by atoms with Crippen LogP contribution in [0.25, 0.3) is 33.4 Å². The Morgan fingerprint density at radius 2 is 0.830 bits per heavy atom. The molecule has 252 valence electrons. The van der Waals surface area contributed by atoms with Crippen molar-refractivity contribution < 1.29 is 0 Å². The van der Waals surface area contributed by atoms with E-state index in [0.717, 1.165) is 0 Å². The fourth-order valence-electron chi connectivity index (χ4n) is 10.5. The van der Waals surface area contributed by atoms with Crippen LogP contribution in [0.5, 0.6) is 0 Å². The van der Waals surface area contributed by atoms with Crippen LogP contribution >= 0.6 is 0 Å². The molecule has 4 aliphatic rings. The third-order valence-electron chi connectivity index (χ3n) is 12.9. The predicted molar refractivity (Wildman–Crippen MR) is 219 cm³/mol. The van der Waals surface area contributed by atoms with Gasteiger partial charge in [0.25, 0.3) is 0 Å². The first-order valence-corrected chi connectivity index (χ1v) is 19.3. The van der Waals surface area contributed by atoms with Gasteiger partial charge < -0.3 is 0 Å². The number of allylic oxidation sites excluding steroid dienone is 4. The van der Waals surface area contributed by atoms with Crippen molar-refractivity contribution in [2.24, 2.45) is 11.8 Å². The number of hydrogen-bond donors (Lipinski definition) is 0. The molecule has 7 aromatic carbocycles. The topological polar surface area (TPSA) is 0 Å². The lowest BCUT2D eigenvalue weighted by atomic mass is 9.78. The maximum absolute atomic E-state index is 2.46. The molecule has 0 radical (unpaired) electrons. The summed E-state index contributed by atoms with van der Waals surface area (Å²) < 4.78 is 0. The van der Waals surface area contributed by atoms with Gasteiger partial charge in [-0.3, -0.25) is 0 Å². The highest BCUT2D eigenvalue weighted by molar-refractivity contribution is 5.88. The maximum Gasteiger partial charge on any atom is 0.0352 e. The molecule has 0 spiro atoms. The summed E-state index contributed by atoms with van der Waals surface area (Å²) in [5.41, 5.74) is 19.2. The van der Waals surface area contributed by atoms with Gasteiger partial charge in [0.05, 0.1) is 0 Å². The Kier molecular flexibility index (Phi) is 7.12. The lowest BCUT2D eigenvalue weighted by molar-refractivity contribution is 0.500. The van der Waals surface area contributed by atoms with E-state index in [1.54, 1.807) is 0 Å². The average molecular weight is 677 g/mol. The van der Waals surface area contributed by atoms with Crippen LogP contribution < -0.4 is 0 Å². The van der Waals surface area contributed by atoms with Gasteiger partial charge in [0, 0.05) is 11.8 Å². The molecule has 0 amide bonds. The smallest absolute Gasteiger partial charge is 0.0352 e. The molecule has 1 saturated carbocycles. The Morgan fingerprint density at radius 3 is 1.43 bits per heavy atom. The van der Waals surface area contributed by atoms with Crippen LogP contribution in [0.2, 0.25) is 0 Å². The third kappa shape index (κ3) is 4.89. The summed E-state index contributed by atoms with van der Waals surface area (Å²) in [6, 6.07) is 64.3. The molecule has 0 nitrogen and oxygen atoms in total. The van der Waals surface area contributed by atoms with Crippen molar-refractivity contribution in [2.75, 3.05) is 0 Å². The van der Waals surface area contributed by atoms with Gasteiger partial charge in [0.1, 0.15) is 0 Å². The van der Waals surface area contributed by atoms with E-state index in [1.165, 1.54) is 84.3 Å². The van der Waals surface area contributed by atoms with E-state index in [9.17, 15) is 0 Å². The minimum atomic E-state index is 0.227. The van der Waals surface area contributed by atoms with Crippen molar-refractivity contribution in [3.8, 4) is 33.4 Å². The van der Waals surface area contributed by atoms with Gasteiger partial charge in [-0.25, -0.2) is 0 Å². The lowest BCUT2D eigenvalue weighted by Gasteiger charge is -2.26. The molecule has 1 fully saturated rings. The SMILES string of the molecule is C1=CC2CC(c3ccc(C4c5ccccc5-c5cc(-c6ccc7c(c6)-c6ccccc6C7c6ccccc6)ccc54)cc3)C(c3ccccc3)C2C=C1. The van der Waals surface area contributed by atoms with Gasteiger partial charge in [-0.1, -0.05) is 182 Å². The Hall–Kier alpha value is -5.98. The highest BCUT2D eigenvalue weighted by atomic mass is 14.5. The first-order valence-electron chi connectivity index (χ1n) is 19.3. The van der Waals surface area contributed by atoms with E-state index in [-0.39, 0.29) is 11.8 Å². The molecular weight excluding hydrogens is 637 g/mol. The van der Waals surface area contributed by atoms with Crippen LogP contribution in [0, 0.1) is 11.8 Å². The van der Waals surface area contributed by atoms with Gasteiger partial charge in [-0.2, -0.15) is 0 Å². The largest absolute Gasteiger partial charge is 0.0808 e. The number of benzene rings is 7. The van der Waals surface area contributed by atoms with Crippen molar-refractivity contribution in [3.63, 3.8) is 0 Å². The van der Waals surface area contributed by atoms with Crippen molar-refractivity contribution in [1.29, 1.82) is 0 Å². The van der Waals surface area contributed by atoms with Gasteiger partial charge in [0.2, 0.25) is 0 Å². The Morgan fingerprint density at radius 1 is 0.358 bits per heavy atom. The summed E-state index contributed by atoms with van der Waals surface area (Å²) in [5, 5.41) is 0. The Labute approximate surface area is 312 Å². The van der Waals surface area contributed by atoms with Crippen LogP contribution in [-0.2, 0) is 0 Å². The summed E-state index contributed by atoms with van der Waals surface area (Å²) in [5.74, 6) is 2.65. The van der Waals surface area contributed by atoms with Gasteiger partial charge in [0.15, 0.2) is 0 Å². The summed E-state index contributed by atoms with van der Waals surface area (Å²) in [4.78, 5) is 0. The van der Waals surface area contributed by atoms with Crippen LogP contribution in [0.4, 0.5) is 0 Å². The number of fused-ring (bicyclic) bond motifs is 7. The van der Waals surface area contributed by atoms with E-state index in [0.29, 0.717) is 23.7 Å². The van der Waals surface area contributed by atoms with Crippen LogP contribution in [0.3, 0.4) is 0 Å². The summed E-state index contributed by atoms with van der Waals surface area (Å²) in [7, 11) is 0. The van der Waals surface area contributed by atoms with Crippen molar-refractivity contribution in [2.45, 2.75) is 30.1 Å². The zero-order valence-electron chi connectivity index (χ0n) is 29.6. The van der Waals surface area contributed by atoms with E-state index in [1.807, 2.05) is 0 Å². The molecule has 7 aromatic rings. The first kappa shape index (κ1) is 30.6. The molecule has 0 N–H and O–H groups in total. The van der Waals surface area contributed by atoms with Gasteiger partial charge in [-0.15, -0.1) is 0 Å². The van der Waals surface area contributed by atoms with Crippen LogP contribution in [0.15, 0.2) is 194 Å². The molecule has 0 heterocycles. The molecule has 0 heteroatoms. The van der Waals surface area contributed by atoms with Crippen molar-refractivity contribution in [1.82, 2.24) is 0 Å². The standard InChI is InChI=1S/C53H40/c1-3-13-35(14-4-1)51-41-18-8-7-17-40(41)33-48(51)34-23-25-37(26-24-34)53-45-22-12-10-20-43(45)50-32-39(28-30-47(50)53)38-27-29-46-49(31-38)42-19-9-11-21-44(42)52(46)36-15-5-2-6-16-36/h1-32,40-41,48,51-53H,33H2. The van der Waals surface area contributed by atoms with Gasteiger partial charge in [-0.05, 0) is 120 Å². The zero-order chi connectivity index (χ0) is 34.9. The second kappa shape index (κ2) is 12.3. The molecule has 0 bridgehead atoms. The Bertz CT molecular complexity index is 2550. The lowest BCUT2D eigenvalue weighted by Crippen LogP contribution is -2.14. The second-order valence-corrected chi connectivity index (χ2v) is 15.5. The number of hydrogen-bond acceptors (Lipinski definition) is 0. The van der Waals surface area contributed by atoms with E-state index < -0.39 is 0 Å². The minimum absolute atomic E-state index is 0.227. The molecule has 11 rings (SSSR count). The predicted octanol–water partition coefficient (Wildman–Crippen LogP) is 13.3. The molecule has 6 atom stereocenters. The molecule has 6 unspecified atom stereocenters. The normalized spacial score (nSPS) is 22.9. The summed E-state index contributed by atoms with van der Waals surface area (Å²) >= 11 is 0. The molecule has 53 heavy (non-hydrogen) atoms. The average Bonchev–Trinajstić information content (AvgIpc) is 3.89. The van der Waals surface area contributed by atoms with E-state index >= 15 is 0 Å². The fraction of sp³-hybridized carbons (Fsp3) is 0.132. The zero-order valence-corrected chi connectivity index (χ0v) is 29.6. The monoisotopic (exact) mass is 676 g/mol. The molecule has 0 saturated heterocycles. The maximum atomic E-state index is 2.46. The van der Waals surface area contributed by atoms with Crippen molar-refractivity contribution >= 4 is 0 Å². The fourth-order valence-corrected chi connectivity index (χ4v) is 10.5. The summed E-state index contributed by atoms with van der Waals surface area (Å²) in [6.07, 6.45) is 10.6.